The Kier molecular flexibility index (Phi) is 6.29. The van der Waals surface area contributed by atoms with E-state index in [0.29, 0.717) is 10.7 Å². The summed E-state index contributed by atoms with van der Waals surface area (Å²) in [6.45, 7) is 3.31. The van der Waals surface area contributed by atoms with E-state index in [1.165, 1.54) is 22.8 Å². The van der Waals surface area contributed by atoms with Gasteiger partial charge in [-0.05, 0) is 79.6 Å². The van der Waals surface area contributed by atoms with Crippen LogP contribution < -0.4 is 10.7 Å². The van der Waals surface area contributed by atoms with Crippen LogP contribution in [0.2, 0.25) is 5.02 Å². The zero-order valence-electron chi connectivity index (χ0n) is 18.3. The number of hydrogen-bond acceptors (Lipinski definition) is 4. The summed E-state index contributed by atoms with van der Waals surface area (Å²) in [5.41, 5.74) is 1.54. The monoisotopic (exact) mass is 498 g/mol. The predicted octanol–water partition coefficient (Wildman–Crippen LogP) is 4.88. The van der Waals surface area contributed by atoms with Crippen LogP contribution in [0.5, 0.6) is 0 Å². The molecule has 0 atom stereocenters. The Labute approximate surface area is 200 Å². The molecule has 1 N–H and O–H groups in total. The molecule has 9 heteroatoms. The van der Waals surface area contributed by atoms with Gasteiger partial charge in [-0.1, -0.05) is 17.7 Å². The summed E-state index contributed by atoms with van der Waals surface area (Å²) in [5.74, 6) is -1.16. The number of halogens is 2. The van der Waals surface area contributed by atoms with Gasteiger partial charge in [-0.3, -0.25) is 9.59 Å². The van der Waals surface area contributed by atoms with Crippen molar-refractivity contribution in [2.24, 2.45) is 0 Å². The van der Waals surface area contributed by atoms with Gasteiger partial charge in [0.2, 0.25) is 21.2 Å². The van der Waals surface area contributed by atoms with E-state index in [9.17, 15) is 22.4 Å². The topological polar surface area (TPSA) is 85.2 Å². The van der Waals surface area contributed by atoms with Crippen molar-refractivity contribution in [3.8, 4) is 0 Å². The molecular formula is C25H20ClFN2O4S. The van der Waals surface area contributed by atoms with Crippen molar-refractivity contribution in [2.75, 3.05) is 5.32 Å². The highest BCUT2D eigenvalue weighted by Crippen LogP contribution is 2.24. The molecular weight excluding hydrogens is 479 g/mol. The Bertz CT molecular complexity index is 1600. The third-order valence-electron chi connectivity index (χ3n) is 5.53. The van der Waals surface area contributed by atoms with Crippen molar-refractivity contribution in [1.29, 1.82) is 0 Å². The van der Waals surface area contributed by atoms with Gasteiger partial charge in [-0.15, -0.1) is 0 Å². The Morgan fingerprint density at radius 3 is 2.38 bits per heavy atom. The summed E-state index contributed by atoms with van der Waals surface area (Å²) in [4.78, 5) is 25.3. The van der Waals surface area contributed by atoms with Crippen LogP contribution >= 0.6 is 11.6 Å². The summed E-state index contributed by atoms with van der Waals surface area (Å²) < 4.78 is 42.1. The fourth-order valence-corrected chi connectivity index (χ4v) is 5.14. The van der Waals surface area contributed by atoms with Gasteiger partial charge in [-0.25, -0.2) is 12.8 Å². The van der Waals surface area contributed by atoms with Gasteiger partial charge < -0.3 is 9.88 Å². The van der Waals surface area contributed by atoms with Crippen LogP contribution in [0.1, 0.15) is 11.1 Å². The number of nitrogens with zero attached hydrogens (tertiary/aromatic N) is 1. The van der Waals surface area contributed by atoms with E-state index in [0.717, 1.165) is 29.5 Å². The molecule has 0 aliphatic rings. The maximum Gasteiger partial charge on any atom is 0.244 e. The smallest absolute Gasteiger partial charge is 0.244 e. The van der Waals surface area contributed by atoms with Crippen LogP contribution in [0.25, 0.3) is 10.9 Å². The minimum Gasteiger partial charge on any atom is -0.336 e. The lowest BCUT2D eigenvalue weighted by molar-refractivity contribution is -0.116. The maximum absolute atomic E-state index is 14.0. The molecule has 174 valence electrons. The van der Waals surface area contributed by atoms with E-state index in [1.54, 1.807) is 37.3 Å². The number of fused-ring (bicyclic) bond motifs is 1. The first-order valence-electron chi connectivity index (χ1n) is 10.3. The van der Waals surface area contributed by atoms with Gasteiger partial charge in [0, 0.05) is 22.3 Å². The van der Waals surface area contributed by atoms with E-state index >= 15 is 0 Å². The summed E-state index contributed by atoms with van der Waals surface area (Å²) in [6, 6.07) is 14.5. The molecule has 4 rings (SSSR count). The number of carbonyl (C=O) groups excluding carboxylic acids is 1. The Hall–Kier alpha value is -3.49. The van der Waals surface area contributed by atoms with Gasteiger partial charge in [0.15, 0.2) is 0 Å². The second kappa shape index (κ2) is 9.04. The lowest BCUT2D eigenvalue weighted by atomic mass is 10.1. The minimum absolute atomic E-state index is 0.0550. The molecule has 6 nitrogen and oxygen atoms in total. The first-order valence-corrected chi connectivity index (χ1v) is 12.1. The molecule has 34 heavy (non-hydrogen) atoms. The third-order valence-corrected chi connectivity index (χ3v) is 7.53. The Balaban J connectivity index is 1.83. The summed E-state index contributed by atoms with van der Waals surface area (Å²) in [6.07, 6.45) is 1.13. The predicted molar refractivity (Wildman–Crippen MR) is 130 cm³/mol. The summed E-state index contributed by atoms with van der Waals surface area (Å²) in [5, 5.41) is 3.06. The molecule has 1 aromatic heterocycles. The molecule has 4 aromatic rings. The van der Waals surface area contributed by atoms with Gasteiger partial charge in [0.1, 0.15) is 17.3 Å². The molecule has 1 heterocycles. The fraction of sp³-hybridized carbons (Fsp3) is 0.120. The molecule has 0 aliphatic heterocycles. The number of sulfone groups is 1. The number of nitrogens with one attached hydrogen (secondary N) is 1. The fourth-order valence-electron chi connectivity index (χ4n) is 3.56. The normalized spacial score (nSPS) is 11.5. The van der Waals surface area contributed by atoms with Crippen LogP contribution in [0.4, 0.5) is 10.1 Å². The maximum atomic E-state index is 14.0. The zero-order chi connectivity index (χ0) is 24.6. The number of amides is 1. The quantitative estimate of drug-likeness (QED) is 0.425. The van der Waals surface area contributed by atoms with Gasteiger partial charge in [0.05, 0.1) is 10.4 Å². The molecule has 0 spiro atoms. The molecule has 0 saturated heterocycles. The lowest BCUT2D eigenvalue weighted by Crippen LogP contribution is -2.24. The number of aryl methyl sites for hydroxylation is 2. The lowest BCUT2D eigenvalue weighted by Gasteiger charge is -2.14. The Morgan fingerprint density at radius 1 is 1.00 bits per heavy atom. The minimum atomic E-state index is -4.24. The van der Waals surface area contributed by atoms with Crippen LogP contribution in [-0.2, 0) is 21.2 Å². The first-order chi connectivity index (χ1) is 16.1. The van der Waals surface area contributed by atoms with Gasteiger partial charge in [0.25, 0.3) is 0 Å². The number of aromatic nitrogens is 1. The number of hydrogen-bond donors (Lipinski definition) is 1. The highest BCUT2D eigenvalue weighted by atomic mass is 35.5. The molecule has 0 radical (unpaired) electrons. The molecule has 0 aliphatic carbocycles. The second-order valence-corrected chi connectivity index (χ2v) is 10.3. The number of benzene rings is 3. The number of carbonyl (C=O) groups is 1. The number of rotatable bonds is 5. The van der Waals surface area contributed by atoms with Crippen LogP contribution in [-0.4, -0.2) is 18.9 Å². The van der Waals surface area contributed by atoms with E-state index in [2.05, 4.69) is 5.32 Å². The molecule has 0 saturated carbocycles. The van der Waals surface area contributed by atoms with E-state index < -0.39 is 31.9 Å². The average molecular weight is 499 g/mol. The van der Waals surface area contributed by atoms with Gasteiger partial charge in [-0.2, -0.15) is 0 Å². The van der Waals surface area contributed by atoms with Crippen LogP contribution in [0, 0.1) is 19.7 Å². The molecule has 0 fully saturated rings. The van der Waals surface area contributed by atoms with Crippen molar-refractivity contribution < 1.29 is 17.6 Å². The van der Waals surface area contributed by atoms with Crippen LogP contribution in [0.3, 0.4) is 0 Å². The summed E-state index contributed by atoms with van der Waals surface area (Å²) >= 11 is 5.87. The van der Waals surface area contributed by atoms with Crippen molar-refractivity contribution in [2.45, 2.75) is 30.2 Å². The van der Waals surface area contributed by atoms with E-state index in [4.69, 9.17) is 11.6 Å². The third kappa shape index (κ3) is 4.60. The zero-order valence-corrected chi connectivity index (χ0v) is 19.9. The standard InChI is InChI=1S/C25H20ClFN2O4S/c1-15-3-9-20(11-16(15)2)34(32,33)23-13-29(22-10-6-18(27)12-21(22)25(23)31)14-24(30)28-19-7-4-17(26)5-8-19/h3-13H,14H2,1-2H3,(H,28,30). The van der Waals surface area contributed by atoms with Gasteiger partial charge >= 0.3 is 0 Å². The average Bonchev–Trinajstić information content (AvgIpc) is 2.79. The van der Waals surface area contributed by atoms with Crippen LogP contribution in [0.15, 0.2) is 81.4 Å². The second-order valence-electron chi connectivity index (χ2n) is 7.92. The largest absolute Gasteiger partial charge is 0.336 e. The first kappa shape index (κ1) is 23.7. The SMILES string of the molecule is Cc1ccc(S(=O)(=O)c2cn(CC(=O)Nc3ccc(Cl)cc3)c3ccc(F)cc3c2=O)cc1C. The van der Waals surface area contributed by atoms with Crippen molar-refractivity contribution in [3.63, 3.8) is 0 Å². The Morgan fingerprint density at radius 2 is 1.71 bits per heavy atom. The molecule has 3 aromatic carbocycles. The van der Waals surface area contributed by atoms with E-state index in [-0.39, 0.29) is 22.3 Å². The summed E-state index contributed by atoms with van der Waals surface area (Å²) in [7, 11) is -4.24. The number of pyridine rings is 1. The molecule has 1 amide bonds. The van der Waals surface area contributed by atoms with Crippen molar-refractivity contribution in [3.05, 3.63) is 99.1 Å². The highest BCUT2D eigenvalue weighted by Gasteiger charge is 2.25. The molecule has 0 bridgehead atoms. The number of anilines is 1. The van der Waals surface area contributed by atoms with E-state index in [1.807, 2.05) is 6.92 Å². The van der Waals surface area contributed by atoms with Crippen molar-refractivity contribution >= 4 is 43.9 Å². The highest BCUT2D eigenvalue weighted by molar-refractivity contribution is 7.91. The van der Waals surface area contributed by atoms with Crippen molar-refractivity contribution in [1.82, 2.24) is 4.57 Å². The molecule has 0 unspecified atom stereocenters.